The van der Waals surface area contributed by atoms with E-state index in [1.807, 2.05) is 61.5 Å². The van der Waals surface area contributed by atoms with Gasteiger partial charge in [-0.05, 0) is 54.8 Å². The van der Waals surface area contributed by atoms with Crippen molar-refractivity contribution in [3.8, 4) is 5.75 Å². The molecule has 2 amide bonds. The number of benzene rings is 3. The minimum Gasteiger partial charge on any atom is -0.489 e. The summed E-state index contributed by atoms with van der Waals surface area (Å²) < 4.78 is 5.62. The molecule has 3 aromatic carbocycles. The summed E-state index contributed by atoms with van der Waals surface area (Å²) in [6, 6.07) is 24.4. The molecular formula is C27H29N3O3. The van der Waals surface area contributed by atoms with E-state index in [0.717, 1.165) is 16.8 Å². The molecule has 0 saturated carbocycles. The zero-order chi connectivity index (χ0) is 23.5. The van der Waals surface area contributed by atoms with Crippen LogP contribution in [0.15, 0.2) is 91.0 Å². The van der Waals surface area contributed by atoms with E-state index in [-0.39, 0.29) is 18.4 Å². The SMILES string of the molecule is C=C(C)COc1cccc(NCC(=O)Nc2cccc(NC(=O)CCc3ccccc3)c2)c1. The third-order valence-electron chi connectivity index (χ3n) is 4.69. The molecule has 3 N–H and O–H groups in total. The van der Waals surface area contributed by atoms with E-state index in [1.165, 1.54) is 0 Å². The Labute approximate surface area is 194 Å². The minimum atomic E-state index is -0.198. The molecule has 0 saturated heterocycles. The number of amides is 2. The fourth-order valence-corrected chi connectivity index (χ4v) is 3.09. The standard InChI is InChI=1S/C27H29N3O3/c1-20(2)19-33-25-13-7-10-22(17-25)28-18-27(32)30-24-12-6-11-23(16-24)29-26(31)15-14-21-8-4-3-5-9-21/h3-13,16-17,28H,1,14-15,18-19H2,2H3,(H,29,31)(H,30,32). The number of carbonyl (C=O) groups excluding carboxylic acids is 2. The molecule has 0 heterocycles. The van der Waals surface area contributed by atoms with E-state index >= 15 is 0 Å². The van der Waals surface area contributed by atoms with Crippen molar-refractivity contribution in [2.24, 2.45) is 0 Å². The second-order valence-electron chi connectivity index (χ2n) is 7.79. The lowest BCUT2D eigenvalue weighted by atomic mass is 10.1. The topological polar surface area (TPSA) is 79.5 Å². The molecule has 0 radical (unpaired) electrons. The Hall–Kier alpha value is -4.06. The minimum absolute atomic E-state index is 0.0715. The predicted molar refractivity (Wildman–Crippen MR) is 134 cm³/mol. The normalized spacial score (nSPS) is 10.2. The fourth-order valence-electron chi connectivity index (χ4n) is 3.09. The van der Waals surface area contributed by atoms with Gasteiger partial charge in [0, 0.05) is 29.5 Å². The van der Waals surface area contributed by atoms with Gasteiger partial charge in [-0.1, -0.05) is 49.0 Å². The van der Waals surface area contributed by atoms with Crippen LogP contribution in [-0.4, -0.2) is 25.0 Å². The van der Waals surface area contributed by atoms with Gasteiger partial charge in [-0.25, -0.2) is 0 Å². The Balaban J connectivity index is 1.46. The molecule has 33 heavy (non-hydrogen) atoms. The maximum absolute atomic E-state index is 12.4. The number of aryl methyl sites for hydroxylation is 1. The number of ether oxygens (including phenoxy) is 1. The van der Waals surface area contributed by atoms with Crippen molar-refractivity contribution in [3.05, 3.63) is 96.6 Å². The van der Waals surface area contributed by atoms with Gasteiger partial charge in [0.1, 0.15) is 12.4 Å². The summed E-state index contributed by atoms with van der Waals surface area (Å²) in [6.45, 7) is 6.26. The molecular weight excluding hydrogens is 414 g/mol. The molecule has 0 atom stereocenters. The molecule has 3 rings (SSSR count). The molecule has 0 aliphatic heterocycles. The average molecular weight is 444 g/mol. The van der Waals surface area contributed by atoms with Crippen LogP contribution < -0.4 is 20.7 Å². The predicted octanol–water partition coefficient (Wildman–Crippen LogP) is 5.26. The first kappa shape index (κ1) is 23.6. The summed E-state index contributed by atoms with van der Waals surface area (Å²) in [5.41, 5.74) is 4.09. The monoisotopic (exact) mass is 443 g/mol. The molecule has 170 valence electrons. The lowest BCUT2D eigenvalue weighted by Crippen LogP contribution is -2.22. The van der Waals surface area contributed by atoms with E-state index in [0.29, 0.717) is 36.6 Å². The number of anilines is 3. The first-order valence-corrected chi connectivity index (χ1v) is 10.8. The third kappa shape index (κ3) is 8.53. The summed E-state index contributed by atoms with van der Waals surface area (Å²) in [7, 11) is 0. The lowest BCUT2D eigenvalue weighted by molar-refractivity contribution is -0.116. The second kappa shape index (κ2) is 12.1. The maximum Gasteiger partial charge on any atom is 0.243 e. The Morgan fingerprint density at radius 1 is 0.818 bits per heavy atom. The van der Waals surface area contributed by atoms with Gasteiger partial charge in [0.15, 0.2) is 0 Å². The molecule has 0 aliphatic carbocycles. The number of nitrogens with one attached hydrogen (secondary N) is 3. The number of hydrogen-bond donors (Lipinski definition) is 3. The fraction of sp³-hybridized carbons (Fsp3) is 0.185. The summed E-state index contributed by atoms with van der Waals surface area (Å²) in [4.78, 5) is 24.6. The second-order valence-corrected chi connectivity index (χ2v) is 7.79. The first-order chi connectivity index (χ1) is 16.0. The summed E-state index contributed by atoms with van der Waals surface area (Å²) >= 11 is 0. The largest absolute Gasteiger partial charge is 0.489 e. The van der Waals surface area contributed by atoms with Crippen LogP contribution in [0.1, 0.15) is 18.9 Å². The number of rotatable bonds is 11. The molecule has 0 aliphatic rings. The maximum atomic E-state index is 12.4. The van der Waals surface area contributed by atoms with Crippen molar-refractivity contribution in [3.63, 3.8) is 0 Å². The van der Waals surface area contributed by atoms with E-state index in [9.17, 15) is 9.59 Å². The van der Waals surface area contributed by atoms with Crippen LogP contribution in [0.3, 0.4) is 0 Å². The van der Waals surface area contributed by atoms with Gasteiger partial charge in [-0.15, -0.1) is 0 Å². The number of hydrogen-bond acceptors (Lipinski definition) is 4. The van der Waals surface area contributed by atoms with Gasteiger partial charge in [0.05, 0.1) is 6.54 Å². The van der Waals surface area contributed by atoms with Crippen LogP contribution in [0.25, 0.3) is 0 Å². The van der Waals surface area contributed by atoms with Crippen molar-refractivity contribution >= 4 is 28.9 Å². The lowest BCUT2D eigenvalue weighted by Gasteiger charge is -2.11. The van der Waals surface area contributed by atoms with Crippen molar-refractivity contribution in [2.45, 2.75) is 19.8 Å². The van der Waals surface area contributed by atoms with Gasteiger partial charge in [-0.2, -0.15) is 0 Å². The van der Waals surface area contributed by atoms with Crippen molar-refractivity contribution in [1.82, 2.24) is 0 Å². The smallest absolute Gasteiger partial charge is 0.243 e. The van der Waals surface area contributed by atoms with Crippen LogP contribution in [0.2, 0.25) is 0 Å². The average Bonchev–Trinajstić information content (AvgIpc) is 2.81. The van der Waals surface area contributed by atoms with Crippen molar-refractivity contribution in [2.75, 3.05) is 29.1 Å². The van der Waals surface area contributed by atoms with E-state index in [4.69, 9.17) is 4.74 Å². The van der Waals surface area contributed by atoms with Crippen LogP contribution >= 0.6 is 0 Å². The van der Waals surface area contributed by atoms with Crippen LogP contribution in [0.4, 0.5) is 17.1 Å². The zero-order valence-corrected chi connectivity index (χ0v) is 18.8. The van der Waals surface area contributed by atoms with Crippen LogP contribution in [0, 0.1) is 0 Å². The Morgan fingerprint density at radius 2 is 1.48 bits per heavy atom. The molecule has 0 aromatic heterocycles. The summed E-state index contributed by atoms with van der Waals surface area (Å²) in [6.07, 6.45) is 1.06. The van der Waals surface area contributed by atoms with Gasteiger partial charge in [-0.3, -0.25) is 9.59 Å². The van der Waals surface area contributed by atoms with Crippen LogP contribution in [0.5, 0.6) is 5.75 Å². The quantitative estimate of drug-likeness (QED) is 0.353. The highest BCUT2D eigenvalue weighted by Crippen LogP contribution is 2.18. The van der Waals surface area contributed by atoms with Gasteiger partial charge in [0.25, 0.3) is 0 Å². The van der Waals surface area contributed by atoms with Crippen LogP contribution in [-0.2, 0) is 16.0 Å². The first-order valence-electron chi connectivity index (χ1n) is 10.8. The Kier molecular flexibility index (Phi) is 8.65. The highest BCUT2D eigenvalue weighted by atomic mass is 16.5. The molecule has 0 unspecified atom stereocenters. The summed E-state index contributed by atoms with van der Waals surface area (Å²) in [5.74, 6) is 0.438. The molecule has 0 fully saturated rings. The van der Waals surface area contributed by atoms with Gasteiger partial charge in [0.2, 0.25) is 11.8 Å². The van der Waals surface area contributed by atoms with Gasteiger partial charge < -0.3 is 20.7 Å². The summed E-state index contributed by atoms with van der Waals surface area (Å²) in [5, 5.41) is 8.81. The molecule has 3 aromatic rings. The van der Waals surface area contributed by atoms with E-state index in [2.05, 4.69) is 22.5 Å². The molecule has 0 spiro atoms. The Bertz CT molecular complexity index is 1100. The Morgan fingerprint density at radius 3 is 2.21 bits per heavy atom. The molecule has 6 heteroatoms. The zero-order valence-electron chi connectivity index (χ0n) is 18.8. The van der Waals surface area contributed by atoms with Crippen molar-refractivity contribution < 1.29 is 14.3 Å². The molecule has 6 nitrogen and oxygen atoms in total. The molecule has 0 bridgehead atoms. The van der Waals surface area contributed by atoms with E-state index in [1.54, 1.807) is 24.3 Å². The number of carbonyl (C=O) groups is 2. The van der Waals surface area contributed by atoms with E-state index < -0.39 is 0 Å². The highest BCUT2D eigenvalue weighted by molar-refractivity contribution is 5.95. The van der Waals surface area contributed by atoms with Gasteiger partial charge >= 0.3 is 0 Å². The highest BCUT2D eigenvalue weighted by Gasteiger charge is 2.07. The third-order valence-corrected chi connectivity index (χ3v) is 4.69. The van der Waals surface area contributed by atoms with Crippen molar-refractivity contribution in [1.29, 1.82) is 0 Å².